The first kappa shape index (κ1) is 14.5. The van der Waals surface area contributed by atoms with E-state index in [0.717, 1.165) is 40.7 Å². The van der Waals surface area contributed by atoms with Crippen molar-refractivity contribution in [2.75, 3.05) is 13.1 Å². The lowest BCUT2D eigenvalue weighted by Gasteiger charge is -2.20. The SMILES string of the molecule is CC(NCc1cc(Br)c(Br)s1)C(=O)N1CCCC1. The van der Waals surface area contributed by atoms with Crippen LogP contribution in [-0.2, 0) is 11.3 Å². The van der Waals surface area contributed by atoms with Gasteiger partial charge in [0.15, 0.2) is 0 Å². The third-order valence-electron chi connectivity index (χ3n) is 3.07. The Balaban J connectivity index is 1.83. The van der Waals surface area contributed by atoms with Crippen molar-refractivity contribution in [3.8, 4) is 0 Å². The summed E-state index contributed by atoms with van der Waals surface area (Å²) in [5, 5.41) is 3.29. The number of hydrogen-bond acceptors (Lipinski definition) is 3. The minimum absolute atomic E-state index is 0.109. The lowest BCUT2D eigenvalue weighted by molar-refractivity contribution is -0.131. The van der Waals surface area contributed by atoms with Crippen molar-refractivity contribution in [1.29, 1.82) is 0 Å². The Kier molecular flexibility index (Phi) is 5.24. The molecule has 1 aromatic rings. The van der Waals surface area contributed by atoms with Gasteiger partial charge in [0.05, 0.1) is 9.83 Å². The predicted octanol–water partition coefficient (Wildman–Crippen LogP) is 3.37. The minimum Gasteiger partial charge on any atom is -0.341 e. The van der Waals surface area contributed by atoms with Crippen molar-refractivity contribution in [1.82, 2.24) is 10.2 Å². The van der Waals surface area contributed by atoms with Gasteiger partial charge >= 0.3 is 0 Å². The van der Waals surface area contributed by atoms with Crippen molar-refractivity contribution >= 4 is 49.1 Å². The fraction of sp³-hybridized carbons (Fsp3) is 0.583. The number of hydrogen-bond donors (Lipinski definition) is 1. The molecule has 1 aromatic heterocycles. The highest BCUT2D eigenvalue weighted by Gasteiger charge is 2.22. The maximum atomic E-state index is 12.1. The molecule has 18 heavy (non-hydrogen) atoms. The fourth-order valence-corrected chi connectivity index (χ4v) is 4.16. The molecular formula is C12H16Br2N2OS. The Morgan fingerprint density at radius 3 is 2.72 bits per heavy atom. The normalized spacial score (nSPS) is 17.2. The number of nitrogens with one attached hydrogen (secondary N) is 1. The Morgan fingerprint density at radius 2 is 2.17 bits per heavy atom. The van der Waals surface area contributed by atoms with Crippen LogP contribution in [0.3, 0.4) is 0 Å². The van der Waals surface area contributed by atoms with Crippen LogP contribution in [0.1, 0.15) is 24.6 Å². The van der Waals surface area contributed by atoms with Crippen LogP contribution in [0.5, 0.6) is 0 Å². The molecule has 1 fully saturated rings. The second kappa shape index (κ2) is 6.50. The van der Waals surface area contributed by atoms with E-state index in [-0.39, 0.29) is 11.9 Å². The number of likely N-dealkylation sites (tertiary alicyclic amines) is 1. The first-order valence-electron chi connectivity index (χ1n) is 6.04. The Hall–Kier alpha value is 0.0900. The highest BCUT2D eigenvalue weighted by atomic mass is 79.9. The zero-order chi connectivity index (χ0) is 13.1. The van der Waals surface area contributed by atoms with E-state index in [1.54, 1.807) is 11.3 Å². The quantitative estimate of drug-likeness (QED) is 0.847. The summed E-state index contributed by atoms with van der Waals surface area (Å²) < 4.78 is 2.17. The Morgan fingerprint density at radius 1 is 1.50 bits per heavy atom. The molecule has 2 heterocycles. The molecule has 0 saturated carbocycles. The van der Waals surface area contributed by atoms with Crippen LogP contribution < -0.4 is 5.32 Å². The second-order valence-corrected chi connectivity index (χ2v) is 7.78. The van der Waals surface area contributed by atoms with Gasteiger partial charge < -0.3 is 10.2 Å². The molecule has 3 nitrogen and oxygen atoms in total. The van der Waals surface area contributed by atoms with Gasteiger partial charge in [-0.05, 0) is 57.7 Å². The molecule has 1 atom stereocenters. The third-order valence-corrected chi connectivity index (χ3v) is 6.32. The van der Waals surface area contributed by atoms with E-state index < -0.39 is 0 Å². The van der Waals surface area contributed by atoms with E-state index in [2.05, 4.69) is 43.2 Å². The first-order chi connectivity index (χ1) is 8.58. The van der Waals surface area contributed by atoms with Gasteiger partial charge in [0.2, 0.25) is 5.91 Å². The van der Waals surface area contributed by atoms with E-state index in [9.17, 15) is 4.79 Å². The summed E-state index contributed by atoms with van der Waals surface area (Å²) in [6, 6.07) is 1.97. The van der Waals surface area contributed by atoms with Crippen LogP contribution in [0, 0.1) is 0 Å². The molecule has 0 aliphatic carbocycles. The molecule has 0 radical (unpaired) electrons. The summed E-state index contributed by atoms with van der Waals surface area (Å²) in [4.78, 5) is 15.3. The van der Waals surface area contributed by atoms with Crippen LogP contribution >= 0.6 is 43.2 Å². The van der Waals surface area contributed by atoms with Gasteiger partial charge in [-0.15, -0.1) is 11.3 Å². The van der Waals surface area contributed by atoms with Crippen molar-refractivity contribution in [3.63, 3.8) is 0 Å². The van der Waals surface area contributed by atoms with Gasteiger partial charge in [0.25, 0.3) is 0 Å². The highest BCUT2D eigenvalue weighted by Crippen LogP contribution is 2.32. The standard InChI is InChI=1S/C12H16Br2N2OS/c1-8(12(17)16-4-2-3-5-16)15-7-9-6-10(13)11(14)18-9/h6,8,15H,2-5,7H2,1H3. The average Bonchev–Trinajstić information content (AvgIpc) is 2.96. The molecule has 1 N–H and O–H groups in total. The molecule has 0 bridgehead atoms. The van der Waals surface area contributed by atoms with Crippen molar-refractivity contribution < 1.29 is 4.79 Å². The maximum Gasteiger partial charge on any atom is 0.239 e. The zero-order valence-corrected chi connectivity index (χ0v) is 14.2. The predicted molar refractivity (Wildman–Crippen MR) is 81.8 cm³/mol. The van der Waals surface area contributed by atoms with Gasteiger partial charge in [-0.25, -0.2) is 0 Å². The number of rotatable bonds is 4. The summed E-state index contributed by atoms with van der Waals surface area (Å²) in [5.74, 6) is 0.224. The molecule has 0 aromatic carbocycles. The Bertz CT molecular complexity index is 410. The molecular weight excluding hydrogens is 380 g/mol. The molecule has 1 aliphatic heterocycles. The van der Waals surface area contributed by atoms with E-state index >= 15 is 0 Å². The zero-order valence-electron chi connectivity index (χ0n) is 10.2. The van der Waals surface area contributed by atoms with Gasteiger partial charge in [-0.1, -0.05) is 0 Å². The molecule has 1 saturated heterocycles. The van der Waals surface area contributed by atoms with Gasteiger partial charge in [0.1, 0.15) is 0 Å². The van der Waals surface area contributed by atoms with Crippen molar-refractivity contribution in [3.05, 3.63) is 19.2 Å². The molecule has 6 heteroatoms. The van der Waals surface area contributed by atoms with E-state index in [4.69, 9.17) is 0 Å². The maximum absolute atomic E-state index is 12.1. The minimum atomic E-state index is -0.109. The highest BCUT2D eigenvalue weighted by molar-refractivity contribution is 9.13. The largest absolute Gasteiger partial charge is 0.341 e. The summed E-state index contributed by atoms with van der Waals surface area (Å²) in [6.45, 7) is 4.51. The van der Waals surface area contributed by atoms with Crippen molar-refractivity contribution in [2.45, 2.75) is 32.4 Å². The Labute approximate surface area is 128 Å². The first-order valence-corrected chi connectivity index (χ1v) is 8.44. The number of amides is 1. The summed E-state index contributed by atoms with van der Waals surface area (Å²) >= 11 is 8.62. The lowest BCUT2D eigenvalue weighted by atomic mass is 10.3. The fourth-order valence-electron chi connectivity index (χ4n) is 2.03. The number of nitrogens with zero attached hydrogens (tertiary/aromatic N) is 1. The molecule has 1 aliphatic rings. The van der Waals surface area contributed by atoms with Crippen LogP contribution in [-0.4, -0.2) is 29.9 Å². The molecule has 0 spiro atoms. The molecule has 2 rings (SSSR count). The topological polar surface area (TPSA) is 32.3 Å². The average molecular weight is 396 g/mol. The van der Waals surface area contributed by atoms with E-state index in [0.29, 0.717) is 0 Å². The van der Waals surface area contributed by atoms with Crippen molar-refractivity contribution in [2.24, 2.45) is 0 Å². The summed E-state index contributed by atoms with van der Waals surface area (Å²) in [7, 11) is 0. The lowest BCUT2D eigenvalue weighted by Crippen LogP contribution is -2.43. The van der Waals surface area contributed by atoms with Crippen LogP contribution in [0.25, 0.3) is 0 Å². The summed E-state index contributed by atoms with van der Waals surface area (Å²) in [6.07, 6.45) is 2.28. The number of thiophene rings is 1. The van der Waals surface area contributed by atoms with Crippen LogP contribution in [0.4, 0.5) is 0 Å². The molecule has 1 unspecified atom stereocenters. The molecule has 1 amide bonds. The monoisotopic (exact) mass is 394 g/mol. The van der Waals surface area contributed by atoms with Gasteiger partial charge in [-0.3, -0.25) is 4.79 Å². The number of carbonyl (C=O) groups excluding carboxylic acids is 1. The van der Waals surface area contributed by atoms with Crippen LogP contribution in [0.2, 0.25) is 0 Å². The van der Waals surface area contributed by atoms with Crippen LogP contribution in [0.15, 0.2) is 14.3 Å². The second-order valence-electron chi connectivity index (χ2n) is 4.47. The number of halogens is 2. The van der Waals surface area contributed by atoms with Gasteiger partial charge in [0, 0.05) is 29.0 Å². The van der Waals surface area contributed by atoms with Gasteiger partial charge in [-0.2, -0.15) is 0 Å². The number of carbonyl (C=O) groups is 1. The molecule has 100 valence electrons. The van der Waals surface area contributed by atoms with E-state index in [1.807, 2.05) is 11.8 Å². The third kappa shape index (κ3) is 3.56. The smallest absolute Gasteiger partial charge is 0.239 e. The summed E-state index contributed by atoms with van der Waals surface area (Å²) in [5.41, 5.74) is 0. The van der Waals surface area contributed by atoms with E-state index in [1.165, 1.54) is 4.88 Å².